The van der Waals surface area contributed by atoms with Gasteiger partial charge in [-0.3, -0.25) is 29.8 Å². The zero-order valence-corrected chi connectivity index (χ0v) is 20.7. The number of nitrogens with zero attached hydrogens (tertiary/aromatic N) is 2. The van der Waals surface area contributed by atoms with E-state index in [0.29, 0.717) is 0 Å². The number of carboxylic acid groups (broad SMARTS) is 1. The van der Waals surface area contributed by atoms with E-state index in [2.05, 4.69) is 5.32 Å². The topological polar surface area (TPSA) is 130 Å². The van der Waals surface area contributed by atoms with Gasteiger partial charge in [-0.2, -0.15) is 13.2 Å². The molecule has 2 aliphatic heterocycles. The third-order valence-corrected chi connectivity index (χ3v) is 8.24. The maximum atomic E-state index is 13.9. The second kappa shape index (κ2) is 9.74. The number of anilines is 1. The van der Waals surface area contributed by atoms with Gasteiger partial charge in [-0.1, -0.05) is 50.3 Å². The lowest BCUT2D eigenvalue weighted by Gasteiger charge is -2.35. The molecule has 3 fully saturated rings. The second-order valence-electron chi connectivity index (χ2n) is 10.5. The molecule has 206 valence electrons. The third-order valence-electron chi connectivity index (χ3n) is 8.24. The third kappa shape index (κ3) is 4.56. The zero-order valence-electron chi connectivity index (χ0n) is 20.7. The first-order chi connectivity index (χ1) is 18.4. The van der Waals surface area contributed by atoms with Crippen LogP contribution in [0.3, 0.4) is 0 Å². The number of carbonyl (C=O) groups excluding carboxylic acids is 2. The molecule has 0 radical (unpaired) electrons. The first-order valence-corrected chi connectivity index (χ1v) is 12.7. The number of nitro groups is 1. The van der Waals surface area contributed by atoms with E-state index >= 15 is 0 Å². The van der Waals surface area contributed by atoms with Crippen LogP contribution in [0, 0.1) is 27.9 Å². The molecule has 3 aliphatic rings. The first kappa shape index (κ1) is 26.8. The van der Waals surface area contributed by atoms with Gasteiger partial charge in [0.1, 0.15) is 5.54 Å². The van der Waals surface area contributed by atoms with E-state index in [-0.39, 0.29) is 29.3 Å². The number of nitrogens with one attached hydrogen (secondary N) is 1. The van der Waals surface area contributed by atoms with Gasteiger partial charge in [0, 0.05) is 18.2 Å². The highest BCUT2D eigenvalue weighted by atomic mass is 19.4. The van der Waals surface area contributed by atoms with Gasteiger partial charge in [0.25, 0.3) is 5.69 Å². The highest BCUT2D eigenvalue weighted by Gasteiger charge is 2.69. The molecule has 2 amide bonds. The predicted molar refractivity (Wildman–Crippen MR) is 131 cm³/mol. The minimum atomic E-state index is -4.68. The van der Waals surface area contributed by atoms with Crippen molar-refractivity contribution < 1.29 is 37.6 Å². The van der Waals surface area contributed by atoms with Crippen molar-refractivity contribution in [3.63, 3.8) is 0 Å². The van der Waals surface area contributed by atoms with Gasteiger partial charge in [0.2, 0.25) is 11.8 Å². The molecule has 12 heteroatoms. The number of hydrogen-bond acceptors (Lipinski definition) is 6. The Bertz CT molecular complexity index is 1340. The maximum absolute atomic E-state index is 13.9. The number of amides is 2. The normalized spacial score (nSPS) is 27.6. The number of imide groups is 1. The summed E-state index contributed by atoms with van der Waals surface area (Å²) in [6.45, 7) is 0. The van der Waals surface area contributed by atoms with Crippen molar-refractivity contribution in [3.8, 4) is 0 Å². The largest absolute Gasteiger partial charge is 0.480 e. The molecule has 2 aromatic rings. The van der Waals surface area contributed by atoms with E-state index in [9.17, 15) is 42.8 Å². The van der Waals surface area contributed by atoms with Crippen molar-refractivity contribution in [2.75, 3.05) is 4.90 Å². The van der Waals surface area contributed by atoms with Crippen LogP contribution in [-0.4, -0.2) is 33.4 Å². The van der Waals surface area contributed by atoms with Crippen molar-refractivity contribution in [2.45, 2.75) is 56.3 Å². The van der Waals surface area contributed by atoms with E-state index in [0.717, 1.165) is 55.2 Å². The second-order valence-corrected chi connectivity index (χ2v) is 10.5. The minimum Gasteiger partial charge on any atom is -0.480 e. The van der Waals surface area contributed by atoms with Crippen LogP contribution >= 0.6 is 0 Å². The monoisotopic (exact) mass is 545 g/mol. The van der Waals surface area contributed by atoms with E-state index in [4.69, 9.17) is 0 Å². The lowest BCUT2D eigenvalue weighted by molar-refractivity contribution is -0.384. The molecule has 1 aliphatic carbocycles. The molecule has 2 heterocycles. The van der Waals surface area contributed by atoms with Crippen LogP contribution in [0.15, 0.2) is 48.5 Å². The molecule has 0 aromatic heterocycles. The molecule has 4 unspecified atom stereocenters. The molecule has 5 rings (SSSR count). The summed E-state index contributed by atoms with van der Waals surface area (Å²) in [7, 11) is 0. The molecule has 9 nitrogen and oxygen atoms in total. The number of non-ortho nitro benzene ring substituents is 1. The zero-order chi connectivity index (χ0) is 28.1. The lowest BCUT2D eigenvalue weighted by Crippen LogP contribution is -2.57. The fraction of sp³-hybridized carbons (Fsp3) is 0.444. The van der Waals surface area contributed by atoms with E-state index < -0.39 is 57.9 Å². The first-order valence-electron chi connectivity index (χ1n) is 12.7. The average Bonchev–Trinajstić information content (AvgIpc) is 3.38. The Balaban J connectivity index is 1.63. The molecule has 4 atom stereocenters. The van der Waals surface area contributed by atoms with Crippen LogP contribution in [0.1, 0.15) is 55.7 Å². The van der Waals surface area contributed by atoms with Gasteiger partial charge in [-0.15, -0.1) is 0 Å². The molecule has 2 saturated heterocycles. The average molecular weight is 546 g/mol. The summed E-state index contributed by atoms with van der Waals surface area (Å²) < 4.78 is 40.6. The maximum Gasteiger partial charge on any atom is 0.416 e. The summed E-state index contributed by atoms with van der Waals surface area (Å²) in [5.41, 5.74) is -3.30. The molecule has 2 N–H and O–H groups in total. The van der Waals surface area contributed by atoms with Crippen molar-refractivity contribution >= 4 is 29.2 Å². The van der Waals surface area contributed by atoms with Gasteiger partial charge in [-0.05, 0) is 36.1 Å². The Kier molecular flexibility index (Phi) is 6.69. The van der Waals surface area contributed by atoms with E-state index in [1.54, 1.807) is 0 Å². The molecule has 0 bridgehead atoms. The van der Waals surface area contributed by atoms with Crippen LogP contribution in [0.5, 0.6) is 0 Å². The Labute approximate surface area is 221 Å². The van der Waals surface area contributed by atoms with E-state index in [1.165, 1.54) is 30.3 Å². The number of halogens is 3. The minimum absolute atomic E-state index is 0.0285. The number of carboxylic acids is 1. The number of carbonyl (C=O) groups is 3. The number of fused-ring (bicyclic) bond motifs is 1. The van der Waals surface area contributed by atoms with Gasteiger partial charge in [0.15, 0.2) is 0 Å². The molecule has 1 saturated carbocycles. The molecular formula is C27H26F3N3O6. The van der Waals surface area contributed by atoms with Crippen LogP contribution in [0.2, 0.25) is 0 Å². The SMILES string of the molecule is O=C1C2C(c3cccc(C(F)(F)F)c3)NC(CC3CCCCC3)(C(=O)O)C2C(=O)N1c1cccc([N+](=O)[O-])c1. The summed E-state index contributed by atoms with van der Waals surface area (Å²) in [6, 6.07) is 7.96. The number of aliphatic carboxylic acids is 1. The number of rotatable bonds is 6. The van der Waals surface area contributed by atoms with Crippen molar-refractivity contribution in [2.24, 2.45) is 17.8 Å². The molecular weight excluding hydrogens is 519 g/mol. The van der Waals surface area contributed by atoms with Crippen molar-refractivity contribution in [1.29, 1.82) is 0 Å². The quantitative estimate of drug-likeness (QED) is 0.301. The summed E-state index contributed by atoms with van der Waals surface area (Å²) >= 11 is 0. The summed E-state index contributed by atoms with van der Waals surface area (Å²) in [5.74, 6) is -5.81. The Morgan fingerprint density at radius 3 is 2.41 bits per heavy atom. The van der Waals surface area contributed by atoms with Crippen molar-refractivity contribution in [1.82, 2.24) is 5.32 Å². The van der Waals surface area contributed by atoms with Gasteiger partial charge in [0.05, 0.1) is 28.0 Å². The summed E-state index contributed by atoms with van der Waals surface area (Å²) in [5, 5.41) is 24.8. The van der Waals surface area contributed by atoms with Gasteiger partial charge in [-0.25, -0.2) is 4.90 Å². The Morgan fingerprint density at radius 2 is 1.77 bits per heavy atom. The number of nitro benzene ring substituents is 1. The smallest absolute Gasteiger partial charge is 0.416 e. The number of alkyl halides is 3. The number of benzene rings is 2. The van der Waals surface area contributed by atoms with E-state index in [1.807, 2.05) is 0 Å². The lowest BCUT2D eigenvalue weighted by atomic mass is 9.72. The highest BCUT2D eigenvalue weighted by Crippen LogP contribution is 2.53. The Morgan fingerprint density at radius 1 is 1.08 bits per heavy atom. The standard InChI is InChI=1S/C27H26F3N3O6/c28-27(29,30)17-9-4-8-16(12-17)22-20-21(26(31-22,25(36)37)14-15-6-2-1-3-7-15)24(35)32(23(20)34)18-10-5-11-19(13-18)33(38)39/h4-5,8-13,15,20-22,31H,1-3,6-7,14H2,(H,36,37). The van der Waals surface area contributed by atoms with Crippen LogP contribution < -0.4 is 10.2 Å². The van der Waals surface area contributed by atoms with Gasteiger partial charge < -0.3 is 5.11 Å². The molecule has 0 spiro atoms. The Hall–Kier alpha value is -3.80. The van der Waals surface area contributed by atoms with Crippen LogP contribution in [0.25, 0.3) is 0 Å². The van der Waals surface area contributed by atoms with Crippen LogP contribution in [0.4, 0.5) is 24.5 Å². The van der Waals surface area contributed by atoms with Crippen LogP contribution in [-0.2, 0) is 20.6 Å². The summed E-state index contributed by atoms with van der Waals surface area (Å²) in [4.78, 5) is 52.1. The highest BCUT2D eigenvalue weighted by molar-refractivity contribution is 6.24. The fourth-order valence-corrected chi connectivity index (χ4v) is 6.52. The summed E-state index contributed by atoms with van der Waals surface area (Å²) in [6.07, 6.45) is -0.402. The van der Waals surface area contributed by atoms with Gasteiger partial charge >= 0.3 is 12.1 Å². The number of hydrogen-bond donors (Lipinski definition) is 2. The molecule has 39 heavy (non-hydrogen) atoms. The predicted octanol–water partition coefficient (Wildman–Crippen LogP) is 4.86. The van der Waals surface area contributed by atoms with Crippen molar-refractivity contribution in [3.05, 3.63) is 69.8 Å². The molecule has 2 aromatic carbocycles. The fourth-order valence-electron chi connectivity index (χ4n) is 6.52.